The van der Waals surface area contributed by atoms with E-state index in [4.69, 9.17) is 0 Å². The number of para-hydroxylation sites is 1. The van der Waals surface area contributed by atoms with Crippen LogP contribution in [0.2, 0.25) is 0 Å². The van der Waals surface area contributed by atoms with Crippen LogP contribution in [0, 0.1) is 5.82 Å². The van der Waals surface area contributed by atoms with Crippen molar-refractivity contribution in [3.8, 4) is 5.75 Å². The number of Topliss-reactive ketones (excluding diaryl/α,β-unsaturated/α-hetero) is 1. The van der Waals surface area contributed by atoms with E-state index in [1.54, 1.807) is 12.1 Å². The van der Waals surface area contributed by atoms with Crippen molar-refractivity contribution in [2.75, 3.05) is 0 Å². The molecule has 0 bridgehead atoms. The first-order valence-electron chi connectivity index (χ1n) is 5.36. The summed E-state index contributed by atoms with van der Waals surface area (Å²) < 4.78 is 24.9. The minimum Gasteiger partial charge on any atom is -0.294 e. The first-order valence-corrected chi connectivity index (χ1v) is 5.36. The standard InChI is InChI=1S/C14H10F2O2/c15-11-7-5-10(6-8-11)9-13(17)12-3-1-2-4-14(12)18-16/h1-8H,9H2. The van der Waals surface area contributed by atoms with Gasteiger partial charge in [-0.2, -0.15) is 0 Å². The van der Waals surface area contributed by atoms with Gasteiger partial charge in [0.05, 0.1) is 5.56 Å². The van der Waals surface area contributed by atoms with Crippen LogP contribution in [0.25, 0.3) is 0 Å². The van der Waals surface area contributed by atoms with Gasteiger partial charge in [-0.3, -0.25) is 9.74 Å². The third-order valence-corrected chi connectivity index (χ3v) is 2.55. The van der Waals surface area contributed by atoms with Crippen LogP contribution in [0.1, 0.15) is 15.9 Å². The lowest BCUT2D eigenvalue weighted by Gasteiger charge is -2.04. The lowest BCUT2D eigenvalue weighted by atomic mass is 10.0. The van der Waals surface area contributed by atoms with Crippen molar-refractivity contribution in [1.82, 2.24) is 0 Å². The fourth-order valence-corrected chi connectivity index (χ4v) is 1.65. The Balaban J connectivity index is 2.19. The molecule has 0 spiro atoms. The first kappa shape index (κ1) is 12.2. The van der Waals surface area contributed by atoms with Crippen LogP contribution in [-0.2, 0) is 6.42 Å². The van der Waals surface area contributed by atoms with E-state index in [1.807, 2.05) is 0 Å². The molecular formula is C14H10F2O2. The highest BCUT2D eigenvalue weighted by Crippen LogP contribution is 2.20. The second kappa shape index (κ2) is 5.40. The number of ketones is 1. The van der Waals surface area contributed by atoms with Gasteiger partial charge >= 0.3 is 0 Å². The van der Waals surface area contributed by atoms with Crippen molar-refractivity contribution >= 4 is 5.78 Å². The summed E-state index contributed by atoms with van der Waals surface area (Å²) in [7, 11) is 0. The molecule has 0 radical (unpaired) electrons. The summed E-state index contributed by atoms with van der Waals surface area (Å²) in [6.07, 6.45) is 0.0701. The van der Waals surface area contributed by atoms with E-state index in [1.165, 1.54) is 36.4 Å². The summed E-state index contributed by atoms with van der Waals surface area (Å²) >= 11 is 0. The summed E-state index contributed by atoms with van der Waals surface area (Å²) in [5, 5.41) is 0. The molecule has 0 aromatic heterocycles. The SMILES string of the molecule is O=C(Cc1ccc(F)cc1)c1ccccc1OF. The molecule has 0 unspecified atom stereocenters. The van der Waals surface area contributed by atoms with Crippen LogP contribution in [0.15, 0.2) is 48.5 Å². The molecule has 2 aromatic rings. The number of rotatable bonds is 4. The monoisotopic (exact) mass is 248 g/mol. The summed E-state index contributed by atoms with van der Waals surface area (Å²) in [6.45, 7) is 0. The second-order valence-corrected chi connectivity index (χ2v) is 3.80. The summed E-state index contributed by atoms with van der Waals surface area (Å²) in [4.78, 5) is 15.6. The number of carbonyl (C=O) groups is 1. The van der Waals surface area contributed by atoms with Gasteiger partial charge < -0.3 is 0 Å². The van der Waals surface area contributed by atoms with Gasteiger partial charge in [-0.1, -0.05) is 24.3 Å². The Kier molecular flexibility index (Phi) is 3.67. The molecular weight excluding hydrogens is 238 g/mol. The molecule has 0 saturated carbocycles. The Morgan fingerprint density at radius 3 is 2.39 bits per heavy atom. The van der Waals surface area contributed by atoms with Crippen molar-refractivity contribution in [2.45, 2.75) is 6.42 Å². The minimum atomic E-state index is -0.362. The molecule has 0 fully saturated rings. The van der Waals surface area contributed by atoms with Gasteiger partial charge in [0.15, 0.2) is 11.5 Å². The first-order chi connectivity index (χ1) is 8.70. The quantitative estimate of drug-likeness (QED) is 0.774. The maximum Gasteiger partial charge on any atom is 0.182 e. The zero-order valence-electron chi connectivity index (χ0n) is 9.40. The lowest BCUT2D eigenvalue weighted by Crippen LogP contribution is -2.05. The average Bonchev–Trinajstić information content (AvgIpc) is 2.41. The Bertz CT molecular complexity index is 550. The van der Waals surface area contributed by atoms with Crippen molar-refractivity contribution in [3.63, 3.8) is 0 Å². The topological polar surface area (TPSA) is 26.3 Å². The van der Waals surface area contributed by atoms with E-state index in [9.17, 15) is 13.7 Å². The molecule has 0 amide bonds. The molecule has 0 atom stereocenters. The molecule has 0 heterocycles. The number of hydrogen-bond acceptors (Lipinski definition) is 2. The van der Waals surface area contributed by atoms with Crippen molar-refractivity contribution in [2.24, 2.45) is 0 Å². The van der Waals surface area contributed by atoms with E-state index in [2.05, 4.69) is 4.94 Å². The minimum absolute atomic E-state index is 0.0701. The molecule has 2 aromatic carbocycles. The number of benzene rings is 2. The van der Waals surface area contributed by atoms with Gasteiger partial charge in [0.25, 0.3) is 0 Å². The van der Waals surface area contributed by atoms with E-state index in [0.717, 1.165) is 0 Å². The second-order valence-electron chi connectivity index (χ2n) is 3.80. The molecule has 4 heteroatoms. The van der Waals surface area contributed by atoms with Crippen LogP contribution in [0.4, 0.5) is 8.92 Å². The fraction of sp³-hybridized carbons (Fsp3) is 0.0714. The molecule has 0 N–H and O–H groups in total. The van der Waals surface area contributed by atoms with Gasteiger partial charge in [0.2, 0.25) is 0 Å². The molecule has 0 saturated heterocycles. The number of halogens is 2. The zero-order chi connectivity index (χ0) is 13.0. The Morgan fingerprint density at radius 1 is 1.06 bits per heavy atom. The largest absolute Gasteiger partial charge is 0.294 e. The van der Waals surface area contributed by atoms with Gasteiger partial charge in [0, 0.05) is 10.9 Å². The van der Waals surface area contributed by atoms with Crippen LogP contribution in [-0.4, -0.2) is 5.78 Å². The highest BCUT2D eigenvalue weighted by Gasteiger charge is 2.13. The molecule has 0 aliphatic carbocycles. The third kappa shape index (κ3) is 2.71. The van der Waals surface area contributed by atoms with Crippen molar-refractivity contribution in [1.29, 1.82) is 0 Å². The van der Waals surface area contributed by atoms with Crippen molar-refractivity contribution in [3.05, 3.63) is 65.5 Å². The molecule has 2 nitrogen and oxygen atoms in total. The Morgan fingerprint density at radius 2 is 1.72 bits per heavy atom. The predicted octanol–water partition coefficient (Wildman–Crippen LogP) is 3.51. The van der Waals surface area contributed by atoms with E-state index < -0.39 is 0 Å². The highest BCUT2D eigenvalue weighted by atomic mass is 19.3. The zero-order valence-corrected chi connectivity index (χ0v) is 9.40. The molecule has 0 aliphatic rings. The van der Waals surface area contributed by atoms with Crippen LogP contribution >= 0.6 is 0 Å². The highest BCUT2D eigenvalue weighted by molar-refractivity contribution is 5.99. The van der Waals surface area contributed by atoms with Gasteiger partial charge in [-0.25, -0.2) is 4.39 Å². The Labute approximate surface area is 103 Å². The smallest absolute Gasteiger partial charge is 0.182 e. The fourth-order valence-electron chi connectivity index (χ4n) is 1.65. The van der Waals surface area contributed by atoms with Crippen LogP contribution in [0.5, 0.6) is 5.75 Å². The molecule has 18 heavy (non-hydrogen) atoms. The predicted molar refractivity (Wildman–Crippen MR) is 62.6 cm³/mol. The molecule has 92 valence electrons. The van der Waals surface area contributed by atoms with E-state index >= 15 is 0 Å². The molecule has 0 aliphatic heterocycles. The number of hydrogen-bond donors (Lipinski definition) is 0. The van der Waals surface area contributed by atoms with Gasteiger partial charge in [0.1, 0.15) is 5.82 Å². The third-order valence-electron chi connectivity index (χ3n) is 2.55. The summed E-state index contributed by atoms with van der Waals surface area (Å²) in [5.41, 5.74) is 0.833. The van der Waals surface area contributed by atoms with Crippen molar-refractivity contribution < 1.29 is 18.7 Å². The molecule has 2 rings (SSSR count). The van der Waals surface area contributed by atoms with Gasteiger partial charge in [-0.05, 0) is 29.8 Å². The maximum atomic E-state index is 12.7. The number of carbonyl (C=O) groups excluding carboxylic acids is 1. The van der Waals surface area contributed by atoms with Gasteiger partial charge in [-0.15, -0.1) is 0 Å². The summed E-state index contributed by atoms with van der Waals surface area (Å²) in [6, 6.07) is 11.7. The van der Waals surface area contributed by atoms with E-state index in [0.29, 0.717) is 5.56 Å². The lowest BCUT2D eigenvalue weighted by molar-refractivity contribution is -0.00707. The average molecular weight is 248 g/mol. The normalized spacial score (nSPS) is 10.1. The Hall–Kier alpha value is -2.23. The maximum absolute atomic E-state index is 12.7. The van der Waals surface area contributed by atoms with Crippen LogP contribution < -0.4 is 4.94 Å². The summed E-state index contributed by atoms with van der Waals surface area (Å²) in [5.74, 6) is -0.752. The van der Waals surface area contributed by atoms with Crippen LogP contribution in [0.3, 0.4) is 0 Å². The van der Waals surface area contributed by atoms with E-state index in [-0.39, 0.29) is 29.3 Å².